The minimum Gasteiger partial charge on any atom is -0.268 e. The topological polar surface area (TPSA) is 55.2 Å². The number of thiophene rings is 1. The van der Waals surface area contributed by atoms with Crippen LogP contribution in [0.1, 0.15) is 77.7 Å². The van der Waals surface area contributed by atoms with E-state index in [1.54, 1.807) is 15.6 Å². The standard InChI is InChI=1S/C21H31N3O2S2/c1-16(2)24(18-11-4-3-5-12-18)28(25,26)20-15-23(17-9-6-7-10-17)22-21(20)19-13-8-14-27-19/h8,13-18H,3-7,9-12H2,1-2H3. The first-order valence-electron chi connectivity index (χ1n) is 10.6. The Hall–Kier alpha value is -1.18. The van der Waals surface area contributed by atoms with Gasteiger partial charge in [0.25, 0.3) is 0 Å². The summed E-state index contributed by atoms with van der Waals surface area (Å²) in [6.07, 6.45) is 11.7. The van der Waals surface area contributed by atoms with E-state index in [0.29, 0.717) is 16.6 Å². The molecule has 2 aromatic rings. The van der Waals surface area contributed by atoms with Gasteiger partial charge in [0.15, 0.2) is 0 Å². The number of aromatic nitrogens is 2. The van der Waals surface area contributed by atoms with Crippen molar-refractivity contribution in [1.82, 2.24) is 14.1 Å². The first kappa shape index (κ1) is 20.1. The van der Waals surface area contributed by atoms with Crippen molar-refractivity contribution in [3.8, 4) is 10.6 Å². The third-order valence-electron chi connectivity index (χ3n) is 6.15. The van der Waals surface area contributed by atoms with Crippen molar-refractivity contribution in [2.24, 2.45) is 0 Å². The van der Waals surface area contributed by atoms with Crippen molar-refractivity contribution < 1.29 is 8.42 Å². The quantitative estimate of drug-likeness (QED) is 0.622. The summed E-state index contributed by atoms with van der Waals surface area (Å²) in [4.78, 5) is 1.32. The second-order valence-corrected chi connectivity index (χ2v) is 11.2. The Labute approximate surface area is 172 Å². The highest BCUT2D eigenvalue weighted by Gasteiger charge is 2.38. The Morgan fingerprint density at radius 3 is 2.39 bits per heavy atom. The van der Waals surface area contributed by atoms with Crippen molar-refractivity contribution in [1.29, 1.82) is 0 Å². The molecule has 0 unspecified atom stereocenters. The van der Waals surface area contributed by atoms with Crippen molar-refractivity contribution in [2.45, 2.75) is 94.7 Å². The van der Waals surface area contributed by atoms with E-state index in [0.717, 1.165) is 43.4 Å². The zero-order valence-electron chi connectivity index (χ0n) is 16.9. The molecule has 4 rings (SSSR count). The van der Waals surface area contributed by atoms with Crippen LogP contribution in [-0.2, 0) is 10.0 Å². The van der Waals surface area contributed by atoms with Crippen LogP contribution in [0.15, 0.2) is 28.6 Å². The molecular formula is C21H31N3O2S2. The second-order valence-electron chi connectivity index (χ2n) is 8.46. The largest absolute Gasteiger partial charge is 0.268 e. The highest BCUT2D eigenvalue weighted by Crippen LogP contribution is 2.38. The van der Waals surface area contributed by atoms with Crippen LogP contribution in [0.3, 0.4) is 0 Å². The molecule has 7 heteroatoms. The molecule has 0 amide bonds. The lowest BCUT2D eigenvalue weighted by molar-refractivity contribution is 0.220. The van der Waals surface area contributed by atoms with Crippen LogP contribution in [0.2, 0.25) is 0 Å². The molecule has 154 valence electrons. The molecule has 2 fully saturated rings. The predicted molar refractivity (Wildman–Crippen MR) is 114 cm³/mol. The molecular weight excluding hydrogens is 390 g/mol. The minimum absolute atomic E-state index is 0.0564. The fourth-order valence-corrected chi connectivity index (χ4v) is 7.66. The second kappa shape index (κ2) is 8.28. The van der Waals surface area contributed by atoms with Gasteiger partial charge in [0.05, 0.1) is 10.9 Å². The van der Waals surface area contributed by atoms with Gasteiger partial charge in [0.1, 0.15) is 10.6 Å². The highest BCUT2D eigenvalue weighted by molar-refractivity contribution is 7.89. The van der Waals surface area contributed by atoms with Crippen molar-refractivity contribution in [2.75, 3.05) is 0 Å². The molecule has 2 aliphatic rings. The highest BCUT2D eigenvalue weighted by atomic mass is 32.2. The summed E-state index contributed by atoms with van der Waals surface area (Å²) in [6.45, 7) is 4.00. The van der Waals surface area contributed by atoms with Gasteiger partial charge in [-0.15, -0.1) is 11.3 Å². The average Bonchev–Trinajstić information content (AvgIpc) is 3.41. The van der Waals surface area contributed by atoms with Gasteiger partial charge in [-0.25, -0.2) is 8.42 Å². The smallest absolute Gasteiger partial charge is 0.247 e. The zero-order chi connectivity index (χ0) is 19.7. The maximum atomic E-state index is 13.9. The molecule has 0 saturated heterocycles. The van der Waals surface area contributed by atoms with Crippen LogP contribution >= 0.6 is 11.3 Å². The van der Waals surface area contributed by atoms with E-state index in [1.165, 1.54) is 19.3 Å². The van der Waals surface area contributed by atoms with Crippen LogP contribution in [0.4, 0.5) is 0 Å². The summed E-state index contributed by atoms with van der Waals surface area (Å²) >= 11 is 1.56. The molecule has 0 atom stereocenters. The molecule has 2 aromatic heterocycles. The molecule has 28 heavy (non-hydrogen) atoms. The van der Waals surface area contributed by atoms with Crippen LogP contribution in [0.25, 0.3) is 10.6 Å². The Kier molecular flexibility index (Phi) is 5.95. The molecule has 0 spiro atoms. The van der Waals surface area contributed by atoms with Crippen molar-refractivity contribution in [3.63, 3.8) is 0 Å². The van der Waals surface area contributed by atoms with Crippen LogP contribution in [-0.4, -0.2) is 34.6 Å². The minimum atomic E-state index is -3.61. The van der Waals surface area contributed by atoms with Crippen LogP contribution < -0.4 is 0 Å². The van der Waals surface area contributed by atoms with E-state index < -0.39 is 10.0 Å². The summed E-state index contributed by atoms with van der Waals surface area (Å²) in [6, 6.07) is 4.31. The first-order valence-corrected chi connectivity index (χ1v) is 13.0. The zero-order valence-corrected chi connectivity index (χ0v) is 18.5. The van der Waals surface area contributed by atoms with E-state index in [2.05, 4.69) is 0 Å². The average molecular weight is 422 g/mol. The molecule has 0 aromatic carbocycles. The molecule has 5 nitrogen and oxygen atoms in total. The normalized spacial score (nSPS) is 19.9. The number of rotatable bonds is 6. The van der Waals surface area contributed by atoms with Crippen molar-refractivity contribution >= 4 is 21.4 Å². The van der Waals surface area contributed by atoms with Gasteiger partial charge < -0.3 is 0 Å². The van der Waals surface area contributed by atoms with Gasteiger partial charge >= 0.3 is 0 Å². The lowest BCUT2D eigenvalue weighted by Crippen LogP contribution is -2.45. The predicted octanol–water partition coefficient (Wildman–Crippen LogP) is 5.46. The lowest BCUT2D eigenvalue weighted by Gasteiger charge is -2.36. The van der Waals surface area contributed by atoms with Gasteiger partial charge in [0.2, 0.25) is 10.0 Å². The third-order valence-corrected chi connectivity index (χ3v) is 9.16. The van der Waals surface area contributed by atoms with Crippen LogP contribution in [0.5, 0.6) is 0 Å². The van der Waals surface area contributed by atoms with Gasteiger partial charge in [0, 0.05) is 18.3 Å². The number of sulfonamides is 1. The fourth-order valence-electron chi connectivity index (χ4n) is 4.85. The fraction of sp³-hybridized carbons (Fsp3) is 0.667. The SMILES string of the molecule is CC(C)N(C1CCCCC1)S(=O)(=O)c1cn(C2CCCC2)nc1-c1cccs1. The molecule has 0 aliphatic heterocycles. The summed E-state index contributed by atoms with van der Waals surface area (Å²) in [5.74, 6) is 0. The van der Waals surface area contributed by atoms with Gasteiger partial charge in [-0.2, -0.15) is 9.40 Å². The Balaban J connectivity index is 1.78. The molecule has 0 N–H and O–H groups in total. The van der Waals surface area contributed by atoms with Crippen LogP contribution in [0, 0.1) is 0 Å². The Morgan fingerprint density at radius 1 is 1.11 bits per heavy atom. The van der Waals surface area contributed by atoms with E-state index in [9.17, 15) is 8.42 Å². The summed E-state index contributed by atoms with van der Waals surface area (Å²) in [7, 11) is -3.61. The number of nitrogens with zero attached hydrogens (tertiary/aromatic N) is 3. The number of hydrogen-bond donors (Lipinski definition) is 0. The third kappa shape index (κ3) is 3.81. The summed E-state index contributed by atoms with van der Waals surface area (Å²) in [5.41, 5.74) is 0.628. The number of hydrogen-bond acceptors (Lipinski definition) is 4. The van der Waals surface area contributed by atoms with Gasteiger partial charge in [-0.3, -0.25) is 4.68 Å². The monoisotopic (exact) mass is 421 g/mol. The molecule has 2 aliphatic carbocycles. The van der Waals surface area contributed by atoms with E-state index in [1.807, 2.05) is 42.2 Å². The molecule has 0 bridgehead atoms. The van der Waals surface area contributed by atoms with E-state index >= 15 is 0 Å². The first-order chi connectivity index (χ1) is 13.5. The maximum absolute atomic E-state index is 13.9. The molecule has 0 radical (unpaired) electrons. The van der Waals surface area contributed by atoms with E-state index in [4.69, 9.17) is 5.10 Å². The van der Waals surface area contributed by atoms with Gasteiger partial charge in [-0.1, -0.05) is 38.2 Å². The van der Waals surface area contributed by atoms with Gasteiger partial charge in [-0.05, 0) is 51.0 Å². The molecule has 2 saturated carbocycles. The summed E-state index contributed by atoms with van der Waals surface area (Å²) < 4.78 is 31.5. The maximum Gasteiger partial charge on any atom is 0.247 e. The lowest BCUT2D eigenvalue weighted by atomic mass is 9.95. The Morgan fingerprint density at radius 2 is 1.79 bits per heavy atom. The van der Waals surface area contributed by atoms with E-state index in [-0.39, 0.29) is 12.1 Å². The van der Waals surface area contributed by atoms with Crippen molar-refractivity contribution in [3.05, 3.63) is 23.7 Å². The molecule has 2 heterocycles. The summed E-state index contributed by atoms with van der Waals surface area (Å²) in [5, 5.41) is 6.80. The Bertz CT molecular complexity index is 875.